The molecule has 2 fully saturated rings. The Morgan fingerprint density at radius 1 is 1.10 bits per heavy atom. The van der Waals surface area contributed by atoms with E-state index < -0.39 is 5.54 Å². The molecule has 4 unspecified atom stereocenters. The van der Waals surface area contributed by atoms with Gasteiger partial charge in [0.25, 0.3) is 0 Å². The van der Waals surface area contributed by atoms with E-state index in [2.05, 4.69) is 55.2 Å². The van der Waals surface area contributed by atoms with Gasteiger partial charge < -0.3 is 5.21 Å². The van der Waals surface area contributed by atoms with Crippen LogP contribution in [0.15, 0.2) is 27.5 Å². The summed E-state index contributed by atoms with van der Waals surface area (Å²) < 4.78 is 0. The van der Waals surface area contributed by atoms with Gasteiger partial charge in [0.2, 0.25) is 5.54 Å². The Bertz CT molecular complexity index is 638. The lowest BCUT2D eigenvalue weighted by Crippen LogP contribution is -2.61. The number of rotatable bonds is 0. The summed E-state index contributed by atoms with van der Waals surface area (Å²) in [6.45, 7) is 8.74. The summed E-state index contributed by atoms with van der Waals surface area (Å²) in [5.41, 5.74) is -0.925. The highest BCUT2D eigenvalue weighted by atomic mass is 16.5. The van der Waals surface area contributed by atoms with Crippen molar-refractivity contribution in [1.82, 2.24) is 0 Å². The Kier molecular flexibility index (Phi) is 1.81. The summed E-state index contributed by atoms with van der Waals surface area (Å²) in [5, 5.41) is 26.6. The Balaban J connectivity index is 1.76. The minimum Gasteiger partial charge on any atom is -0.599 e. The van der Waals surface area contributed by atoms with E-state index in [4.69, 9.17) is 0 Å². The Morgan fingerprint density at radius 3 is 2.57 bits per heavy atom. The standard InChI is InChI=1S/C16H22N4O/c1-14(2)15(3)10-11(16(14,4)20(21)19-15)13-9-7-5-6-8(9)12(10)17-18-13/h5-6,8-13H,7H2,1-4H3/t8-,9?,10?,11-,12?,13+,15?,16+/m1/s1. The highest BCUT2D eigenvalue weighted by Crippen LogP contribution is 2.72. The van der Waals surface area contributed by atoms with Gasteiger partial charge in [-0.1, -0.05) is 30.9 Å². The molecule has 0 aromatic carbocycles. The van der Waals surface area contributed by atoms with E-state index in [-0.39, 0.29) is 29.0 Å². The van der Waals surface area contributed by atoms with Crippen molar-refractivity contribution in [1.29, 1.82) is 0 Å². The summed E-state index contributed by atoms with van der Waals surface area (Å²) in [6.07, 6.45) is 5.73. The average Bonchev–Trinajstić information content (AvgIpc) is 3.02. The molecule has 0 aromatic rings. The predicted molar refractivity (Wildman–Crippen MR) is 76.8 cm³/mol. The third kappa shape index (κ3) is 0.940. The largest absolute Gasteiger partial charge is 0.599 e. The molecule has 6 aliphatic rings. The van der Waals surface area contributed by atoms with Gasteiger partial charge in [-0.2, -0.15) is 10.2 Å². The van der Waals surface area contributed by atoms with E-state index in [0.717, 1.165) is 11.3 Å². The van der Waals surface area contributed by atoms with Gasteiger partial charge in [-0.3, -0.25) is 0 Å². The molecule has 0 aromatic heterocycles. The lowest BCUT2D eigenvalue weighted by atomic mass is 9.58. The van der Waals surface area contributed by atoms with Crippen molar-refractivity contribution in [3.63, 3.8) is 0 Å². The van der Waals surface area contributed by atoms with Crippen LogP contribution in [-0.4, -0.2) is 28.0 Å². The van der Waals surface area contributed by atoms with Crippen molar-refractivity contribution in [3.8, 4) is 0 Å². The molecule has 6 rings (SSSR count). The molecule has 3 heterocycles. The van der Waals surface area contributed by atoms with Crippen molar-refractivity contribution in [2.24, 2.45) is 44.4 Å². The van der Waals surface area contributed by atoms with Crippen molar-refractivity contribution in [3.05, 3.63) is 17.4 Å². The maximum absolute atomic E-state index is 12.7. The number of nitrogens with zero attached hydrogens (tertiary/aromatic N) is 4. The van der Waals surface area contributed by atoms with Crippen LogP contribution < -0.4 is 0 Å². The zero-order valence-electron chi connectivity index (χ0n) is 13.0. The molecule has 3 aliphatic carbocycles. The second-order valence-electron chi connectivity index (χ2n) is 8.46. The van der Waals surface area contributed by atoms with Gasteiger partial charge in [0.15, 0.2) is 0 Å². The summed E-state index contributed by atoms with van der Waals surface area (Å²) in [5.74, 6) is 1.71. The fraction of sp³-hybridized carbons (Fsp3) is 0.875. The Labute approximate surface area is 124 Å². The summed E-state index contributed by atoms with van der Waals surface area (Å²) in [7, 11) is 0. The predicted octanol–water partition coefficient (Wildman–Crippen LogP) is 3.16. The number of hydrogen-bond acceptors (Lipinski definition) is 4. The molecular formula is C16H22N4O. The molecule has 8 atom stereocenters. The maximum Gasteiger partial charge on any atom is 0.209 e. The van der Waals surface area contributed by atoms with Crippen LogP contribution in [-0.2, 0) is 0 Å². The molecule has 5 heteroatoms. The van der Waals surface area contributed by atoms with Gasteiger partial charge in [-0.05, 0) is 24.4 Å². The van der Waals surface area contributed by atoms with Crippen molar-refractivity contribution in [2.45, 2.75) is 57.3 Å². The van der Waals surface area contributed by atoms with E-state index in [1.807, 2.05) is 0 Å². The molecule has 112 valence electrons. The van der Waals surface area contributed by atoms with Crippen molar-refractivity contribution in [2.75, 3.05) is 0 Å². The third-order valence-corrected chi connectivity index (χ3v) is 8.07. The zero-order valence-corrected chi connectivity index (χ0v) is 13.0. The fourth-order valence-electron chi connectivity index (χ4n) is 6.38. The van der Waals surface area contributed by atoms with Gasteiger partial charge in [0, 0.05) is 18.8 Å². The molecular weight excluding hydrogens is 264 g/mol. The molecule has 2 saturated carbocycles. The van der Waals surface area contributed by atoms with Gasteiger partial charge in [0.05, 0.1) is 23.4 Å². The number of hydroxylamine groups is 1. The van der Waals surface area contributed by atoms with E-state index in [0.29, 0.717) is 17.8 Å². The van der Waals surface area contributed by atoms with E-state index in [1.54, 1.807) is 0 Å². The van der Waals surface area contributed by atoms with Crippen LogP contribution in [0.1, 0.15) is 34.1 Å². The van der Waals surface area contributed by atoms with E-state index in [9.17, 15) is 5.21 Å². The van der Waals surface area contributed by atoms with Crippen molar-refractivity contribution >= 4 is 0 Å². The van der Waals surface area contributed by atoms with Crippen LogP contribution in [0.25, 0.3) is 0 Å². The first kappa shape index (κ1) is 12.3. The normalized spacial score (nSPS) is 61.0. The average molecular weight is 286 g/mol. The maximum atomic E-state index is 12.7. The lowest BCUT2D eigenvalue weighted by Gasteiger charge is -2.51. The van der Waals surface area contributed by atoms with Crippen LogP contribution in [0.2, 0.25) is 0 Å². The highest BCUT2D eigenvalue weighted by molar-refractivity contribution is 5.32. The Hall–Kier alpha value is -1.26. The molecule has 3 aliphatic heterocycles. The molecule has 4 bridgehead atoms. The first-order chi connectivity index (χ1) is 9.84. The summed E-state index contributed by atoms with van der Waals surface area (Å²) >= 11 is 0. The molecule has 0 N–H and O–H groups in total. The minimum absolute atomic E-state index is 0.148. The van der Waals surface area contributed by atoms with Crippen LogP contribution in [0.4, 0.5) is 0 Å². The smallest absolute Gasteiger partial charge is 0.209 e. The summed E-state index contributed by atoms with van der Waals surface area (Å²) in [4.78, 5) is 1.03. The fourth-order valence-corrected chi connectivity index (χ4v) is 6.38. The van der Waals surface area contributed by atoms with Gasteiger partial charge >= 0.3 is 0 Å². The minimum atomic E-state index is -0.456. The van der Waals surface area contributed by atoms with Gasteiger partial charge in [0.1, 0.15) is 5.54 Å². The second-order valence-corrected chi connectivity index (χ2v) is 8.46. The van der Waals surface area contributed by atoms with Crippen LogP contribution in [0.3, 0.4) is 0 Å². The van der Waals surface area contributed by atoms with Crippen LogP contribution >= 0.6 is 0 Å². The quantitative estimate of drug-likeness (QED) is 0.383. The molecule has 0 saturated heterocycles. The molecule has 21 heavy (non-hydrogen) atoms. The van der Waals surface area contributed by atoms with Gasteiger partial charge in [-0.25, -0.2) is 0 Å². The number of allylic oxidation sites excluding steroid dienone is 1. The Morgan fingerprint density at radius 2 is 1.81 bits per heavy atom. The monoisotopic (exact) mass is 286 g/mol. The number of fused-ring (bicyclic) bond motifs is 2. The molecule has 0 amide bonds. The van der Waals surface area contributed by atoms with Crippen LogP contribution in [0, 0.1) is 34.3 Å². The number of azo groups is 2. The molecule has 5 nitrogen and oxygen atoms in total. The topological polar surface area (TPSA) is 63.1 Å². The zero-order chi connectivity index (χ0) is 14.8. The number of hydrogen-bond donors (Lipinski definition) is 0. The molecule has 0 radical (unpaired) electrons. The van der Waals surface area contributed by atoms with Gasteiger partial charge in [-0.15, -0.1) is 0 Å². The van der Waals surface area contributed by atoms with Crippen molar-refractivity contribution < 1.29 is 4.86 Å². The highest BCUT2D eigenvalue weighted by Gasteiger charge is 2.85. The van der Waals surface area contributed by atoms with Crippen LogP contribution in [0.5, 0.6) is 0 Å². The molecule has 0 spiro atoms. The van der Waals surface area contributed by atoms with E-state index in [1.165, 1.54) is 0 Å². The van der Waals surface area contributed by atoms with E-state index >= 15 is 0 Å². The first-order valence-electron chi connectivity index (χ1n) is 8.11. The third-order valence-electron chi connectivity index (χ3n) is 8.07. The SMILES string of the molecule is CC12N=[N+]([O-])[C@@](C)([C@@H]3C1C1N=N[C@H]3C3CC=C[C@@H]13)C2(C)C. The lowest BCUT2D eigenvalue weighted by molar-refractivity contribution is -0.621. The second kappa shape index (κ2) is 3.08. The summed E-state index contributed by atoms with van der Waals surface area (Å²) in [6, 6.07) is 0.408. The first-order valence-corrected chi connectivity index (χ1v) is 8.11.